The minimum absolute atomic E-state index is 0.549. The number of aromatic nitrogens is 2. The molecular formula is C16H20ClN3O. The molecule has 0 radical (unpaired) electrons. The average Bonchev–Trinajstić information content (AvgIpc) is 2.51. The Labute approximate surface area is 130 Å². The van der Waals surface area contributed by atoms with Crippen LogP contribution < -0.4 is 10.1 Å². The topological polar surface area (TPSA) is 47.0 Å². The molecule has 4 nitrogen and oxygen atoms in total. The van der Waals surface area contributed by atoms with E-state index < -0.39 is 0 Å². The third-order valence-corrected chi connectivity index (χ3v) is 3.33. The number of pyridine rings is 2. The fourth-order valence-electron chi connectivity index (χ4n) is 1.88. The molecule has 1 N–H and O–H groups in total. The molecule has 5 heteroatoms. The minimum atomic E-state index is 0.549. The molecule has 112 valence electrons. The van der Waals surface area contributed by atoms with Gasteiger partial charge in [-0.15, -0.1) is 0 Å². The molecular weight excluding hydrogens is 286 g/mol. The Kier molecular flexibility index (Phi) is 6.44. The molecule has 0 saturated heterocycles. The summed E-state index contributed by atoms with van der Waals surface area (Å²) in [7, 11) is 0. The van der Waals surface area contributed by atoms with Crippen molar-refractivity contribution in [1.82, 2.24) is 15.3 Å². The third-order valence-electron chi connectivity index (χ3n) is 2.99. The number of rotatable bonds is 8. The van der Waals surface area contributed by atoms with Gasteiger partial charge in [-0.05, 0) is 30.7 Å². The summed E-state index contributed by atoms with van der Waals surface area (Å²) in [5.74, 6) is 0.601. The van der Waals surface area contributed by atoms with E-state index in [1.165, 1.54) is 0 Å². The first-order valence-corrected chi connectivity index (χ1v) is 7.55. The Hall–Kier alpha value is -1.65. The summed E-state index contributed by atoms with van der Waals surface area (Å²) in [4.78, 5) is 8.46. The second-order valence-corrected chi connectivity index (χ2v) is 5.12. The Morgan fingerprint density at radius 1 is 1.29 bits per heavy atom. The highest BCUT2D eigenvalue weighted by Gasteiger charge is 2.04. The van der Waals surface area contributed by atoms with E-state index in [0.29, 0.717) is 17.5 Å². The maximum Gasteiger partial charge on any atom is 0.213 e. The molecule has 0 fully saturated rings. The molecule has 0 amide bonds. The van der Waals surface area contributed by atoms with Crippen LogP contribution in [-0.4, -0.2) is 23.1 Å². The van der Waals surface area contributed by atoms with E-state index in [-0.39, 0.29) is 0 Å². The molecule has 21 heavy (non-hydrogen) atoms. The summed E-state index contributed by atoms with van der Waals surface area (Å²) < 4.78 is 5.67. The van der Waals surface area contributed by atoms with E-state index in [1.54, 1.807) is 12.4 Å². The summed E-state index contributed by atoms with van der Waals surface area (Å²) in [6.45, 7) is 4.38. The minimum Gasteiger partial charge on any atom is -0.477 e. The van der Waals surface area contributed by atoms with Crippen LogP contribution in [0, 0.1) is 0 Å². The van der Waals surface area contributed by atoms with Crippen molar-refractivity contribution in [2.24, 2.45) is 0 Å². The van der Waals surface area contributed by atoms with Gasteiger partial charge >= 0.3 is 0 Å². The van der Waals surface area contributed by atoms with Gasteiger partial charge < -0.3 is 10.1 Å². The van der Waals surface area contributed by atoms with Crippen LogP contribution in [-0.2, 0) is 13.0 Å². The molecule has 2 aromatic heterocycles. The Morgan fingerprint density at radius 2 is 2.19 bits per heavy atom. The summed E-state index contributed by atoms with van der Waals surface area (Å²) in [5.41, 5.74) is 2.02. The van der Waals surface area contributed by atoms with Crippen molar-refractivity contribution < 1.29 is 4.74 Å². The Morgan fingerprint density at radius 3 is 2.95 bits per heavy atom. The van der Waals surface area contributed by atoms with Crippen molar-refractivity contribution in [2.45, 2.75) is 26.3 Å². The van der Waals surface area contributed by atoms with Gasteiger partial charge in [0.1, 0.15) is 0 Å². The second-order valence-electron chi connectivity index (χ2n) is 4.71. The summed E-state index contributed by atoms with van der Waals surface area (Å²) in [6.07, 6.45) is 5.28. The predicted molar refractivity (Wildman–Crippen MR) is 84.7 cm³/mol. The van der Waals surface area contributed by atoms with Crippen molar-refractivity contribution in [3.63, 3.8) is 0 Å². The van der Waals surface area contributed by atoms with Crippen LogP contribution in [0.5, 0.6) is 5.88 Å². The van der Waals surface area contributed by atoms with Crippen molar-refractivity contribution >= 4 is 11.6 Å². The first-order valence-electron chi connectivity index (χ1n) is 7.17. The zero-order valence-corrected chi connectivity index (χ0v) is 12.9. The van der Waals surface area contributed by atoms with E-state index in [0.717, 1.165) is 37.2 Å². The van der Waals surface area contributed by atoms with Crippen LogP contribution in [0.1, 0.15) is 24.6 Å². The maximum absolute atomic E-state index is 6.14. The summed E-state index contributed by atoms with van der Waals surface area (Å²) >= 11 is 6.14. The third kappa shape index (κ3) is 5.33. The highest BCUT2D eigenvalue weighted by atomic mass is 35.5. The standard InChI is InChI=1S/C16H20ClN3O/c1-2-7-18-11-13-10-16(20-12-15(13)17)21-9-6-14-5-3-4-8-19-14/h3-5,8,10,12,18H,2,6-7,9,11H2,1H3. The number of hydrogen-bond acceptors (Lipinski definition) is 4. The van der Waals surface area contributed by atoms with Crippen LogP contribution in [0.15, 0.2) is 36.7 Å². The van der Waals surface area contributed by atoms with Gasteiger partial charge in [-0.1, -0.05) is 24.6 Å². The number of nitrogens with one attached hydrogen (secondary N) is 1. The molecule has 2 rings (SSSR count). The fraction of sp³-hybridized carbons (Fsp3) is 0.375. The van der Waals surface area contributed by atoms with Crippen LogP contribution >= 0.6 is 11.6 Å². The molecule has 0 bridgehead atoms. The lowest BCUT2D eigenvalue weighted by Gasteiger charge is -2.09. The molecule has 0 unspecified atom stereocenters. The van der Waals surface area contributed by atoms with Gasteiger partial charge in [0.25, 0.3) is 0 Å². The lowest BCUT2D eigenvalue weighted by molar-refractivity contribution is 0.308. The van der Waals surface area contributed by atoms with E-state index in [2.05, 4.69) is 22.2 Å². The van der Waals surface area contributed by atoms with Gasteiger partial charge in [-0.2, -0.15) is 0 Å². The molecule has 0 atom stereocenters. The summed E-state index contributed by atoms with van der Waals surface area (Å²) in [6, 6.07) is 7.75. The highest BCUT2D eigenvalue weighted by Crippen LogP contribution is 2.19. The van der Waals surface area contributed by atoms with Crippen molar-refractivity contribution in [2.75, 3.05) is 13.2 Å². The monoisotopic (exact) mass is 305 g/mol. The van der Waals surface area contributed by atoms with E-state index in [1.807, 2.05) is 24.3 Å². The second kappa shape index (κ2) is 8.60. The first-order chi connectivity index (χ1) is 10.3. The molecule has 0 aliphatic carbocycles. The predicted octanol–water partition coefficient (Wildman–Crippen LogP) is 3.25. The quantitative estimate of drug-likeness (QED) is 0.761. The molecule has 2 heterocycles. The summed E-state index contributed by atoms with van der Waals surface area (Å²) in [5, 5.41) is 3.99. The Balaban J connectivity index is 1.86. The smallest absolute Gasteiger partial charge is 0.213 e. The van der Waals surface area contributed by atoms with E-state index in [9.17, 15) is 0 Å². The van der Waals surface area contributed by atoms with Gasteiger partial charge in [0.05, 0.1) is 11.6 Å². The van der Waals surface area contributed by atoms with Crippen LogP contribution in [0.4, 0.5) is 0 Å². The lowest BCUT2D eigenvalue weighted by atomic mass is 10.2. The highest BCUT2D eigenvalue weighted by molar-refractivity contribution is 6.31. The van der Waals surface area contributed by atoms with Gasteiger partial charge in [0.2, 0.25) is 5.88 Å². The number of nitrogens with zero attached hydrogens (tertiary/aromatic N) is 2. The zero-order chi connectivity index (χ0) is 14.9. The molecule has 0 aliphatic rings. The molecule has 0 aliphatic heterocycles. The zero-order valence-electron chi connectivity index (χ0n) is 12.2. The Bertz CT molecular complexity index is 548. The van der Waals surface area contributed by atoms with Crippen molar-refractivity contribution in [3.05, 3.63) is 52.9 Å². The molecule has 0 saturated carbocycles. The van der Waals surface area contributed by atoms with Crippen LogP contribution in [0.2, 0.25) is 5.02 Å². The normalized spacial score (nSPS) is 10.6. The van der Waals surface area contributed by atoms with Gasteiger partial charge in [-0.3, -0.25) is 4.98 Å². The number of halogens is 1. The number of hydrogen-bond donors (Lipinski definition) is 1. The van der Waals surface area contributed by atoms with Gasteiger partial charge in [0, 0.05) is 37.1 Å². The lowest BCUT2D eigenvalue weighted by Crippen LogP contribution is -2.14. The first kappa shape index (κ1) is 15.7. The van der Waals surface area contributed by atoms with Crippen molar-refractivity contribution in [1.29, 1.82) is 0 Å². The molecule has 2 aromatic rings. The largest absolute Gasteiger partial charge is 0.477 e. The maximum atomic E-state index is 6.14. The van der Waals surface area contributed by atoms with Gasteiger partial charge in [-0.25, -0.2) is 4.98 Å². The van der Waals surface area contributed by atoms with E-state index >= 15 is 0 Å². The van der Waals surface area contributed by atoms with Crippen molar-refractivity contribution in [3.8, 4) is 5.88 Å². The fourth-order valence-corrected chi connectivity index (χ4v) is 2.05. The van der Waals surface area contributed by atoms with Gasteiger partial charge in [0.15, 0.2) is 0 Å². The van der Waals surface area contributed by atoms with Crippen LogP contribution in [0.3, 0.4) is 0 Å². The molecule has 0 aromatic carbocycles. The average molecular weight is 306 g/mol. The van der Waals surface area contributed by atoms with Crippen LogP contribution in [0.25, 0.3) is 0 Å². The molecule has 0 spiro atoms. The SMILES string of the molecule is CCCNCc1cc(OCCc2ccccn2)ncc1Cl. The van der Waals surface area contributed by atoms with E-state index in [4.69, 9.17) is 16.3 Å². The number of ether oxygens (including phenoxy) is 1.